The van der Waals surface area contributed by atoms with E-state index in [9.17, 15) is 14.4 Å². The second-order valence-electron chi connectivity index (χ2n) is 5.32. The highest BCUT2D eigenvalue weighted by Gasteiger charge is 2.29. The molecule has 0 radical (unpaired) electrons. The molecule has 2 amide bonds. The quantitative estimate of drug-likeness (QED) is 0.433. The largest absolute Gasteiger partial charge is 0.354 e. The van der Waals surface area contributed by atoms with Gasteiger partial charge in [-0.05, 0) is 26.7 Å². The Hall–Kier alpha value is -2.18. The average Bonchev–Trinajstić information content (AvgIpc) is 3.23. The SMILES string of the molecule is Cc1nn(C)c(C)c1C(=O)C(=O)NCCNC(=O)C1CC1. The van der Waals surface area contributed by atoms with Crippen molar-refractivity contribution < 1.29 is 14.4 Å². The van der Waals surface area contributed by atoms with Crippen LogP contribution in [0.5, 0.6) is 0 Å². The van der Waals surface area contributed by atoms with Gasteiger partial charge >= 0.3 is 0 Å². The summed E-state index contributed by atoms with van der Waals surface area (Å²) in [6, 6.07) is 0. The molecule has 1 heterocycles. The third-order valence-electron chi connectivity index (χ3n) is 3.60. The molecule has 2 N–H and O–H groups in total. The standard InChI is InChI=1S/C14H20N4O3/c1-8-11(9(2)18(3)17-8)12(19)14(21)16-7-6-15-13(20)10-4-5-10/h10H,4-7H2,1-3H3,(H,15,20)(H,16,21). The van der Waals surface area contributed by atoms with Crippen LogP contribution in [0.2, 0.25) is 0 Å². The Balaban J connectivity index is 1.82. The van der Waals surface area contributed by atoms with Crippen LogP contribution in [-0.2, 0) is 16.6 Å². The lowest BCUT2D eigenvalue weighted by Gasteiger charge is -2.06. The van der Waals surface area contributed by atoms with Crippen molar-refractivity contribution in [2.75, 3.05) is 13.1 Å². The van der Waals surface area contributed by atoms with E-state index in [0.717, 1.165) is 12.8 Å². The lowest BCUT2D eigenvalue weighted by Crippen LogP contribution is -2.38. The van der Waals surface area contributed by atoms with Gasteiger partial charge in [-0.15, -0.1) is 0 Å². The van der Waals surface area contributed by atoms with Crippen LogP contribution in [0.4, 0.5) is 0 Å². The summed E-state index contributed by atoms with van der Waals surface area (Å²) in [5, 5.41) is 9.36. The number of carbonyl (C=O) groups is 3. The third-order valence-corrected chi connectivity index (χ3v) is 3.60. The lowest BCUT2D eigenvalue weighted by molar-refractivity contribution is -0.122. The maximum absolute atomic E-state index is 12.1. The number of carbonyl (C=O) groups excluding carboxylic acids is 3. The zero-order chi connectivity index (χ0) is 15.6. The first-order valence-electron chi connectivity index (χ1n) is 7.02. The Kier molecular flexibility index (Phi) is 4.40. The van der Waals surface area contributed by atoms with Crippen molar-refractivity contribution in [1.29, 1.82) is 0 Å². The maximum Gasteiger partial charge on any atom is 0.292 e. The van der Waals surface area contributed by atoms with Crippen molar-refractivity contribution in [2.45, 2.75) is 26.7 Å². The number of rotatable bonds is 6. The Morgan fingerprint density at radius 2 is 1.81 bits per heavy atom. The summed E-state index contributed by atoms with van der Waals surface area (Å²) in [7, 11) is 1.73. The summed E-state index contributed by atoms with van der Waals surface area (Å²) in [4.78, 5) is 35.3. The van der Waals surface area contributed by atoms with E-state index in [4.69, 9.17) is 0 Å². The predicted octanol–water partition coefficient (Wildman–Crippen LogP) is -0.138. The summed E-state index contributed by atoms with van der Waals surface area (Å²) in [5.41, 5.74) is 1.55. The van der Waals surface area contributed by atoms with Gasteiger partial charge in [0.1, 0.15) is 0 Å². The van der Waals surface area contributed by atoms with Gasteiger partial charge in [0.25, 0.3) is 11.7 Å². The fourth-order valence-corrected chi connectivity index (χ4v) is 2.15. The fourth-order valence-electron chi connectivity index (χ4n) is 2.15. The van der Waals surface area contributed by atoms with Gasteiger partial charge in [-0.1, -0.05) is 0 Å². The number of aryl methyl sites for hydroxylation is 2. The number of nitrogens with zero attached hydrogens (tertiary/aromatic N) is 2. The molecule has 0 aromatic carbocycles. The molecule has 1 aromatic heterocycles. The van der Waals surface area contributed by atoms with E-state index >= 15 is 0 Å². The van der Waals surface area contributed by atoms with Crippen molar-refractivity contribution in [2.24, 2.45) is 13.0 Å². The Bertz CT molecular complexity index is 587. The molecule has 1 saturated carbocycles. The second kappa shape index (κ2) is 6.07. The molecular weight excluding hydrogens is 272 g/mol. The topological polar surface area (TPSA) is 93.1 Å². The number of hydrogen-bond donors (Lipinski definition) is 2. The lowest BCUT2D eigenvalue weighted by atomic mass is 10.1. The van der Waals surface area contributed by atoms with Crippen molar-refractivity contribution >= 4 is 17.6 Å². The molecule has 1 aliphatic carbocycles. The molecule has 7 heteroatoms. The van der Waals surface area contributed by atoms with Crippen molar-refractivity contribution in [3.05, 3.63) is 17.0 Å². The minimum atomic E-state index is -0.671. The van der Waals surface area contributed by atoms with E-state index in [1.54, 1.807) is 25.6 Å². The Labute approximate surface area is 123 Å². The summed E-state index contributed by atoms with van der Waals surface area (Å²) in [5.74, 6) is -1.10. The predicted molar refractivity (Wildman–Crippen MR) is 75.8 cm³/mol. The van der Waals surface area contributed by atoms with E-state index in [-0.39, 0.29) is 18.4 Å². The van der Waals surface area contributed by atoms with Crippen LogP contribution < -0.4 is 10.6 Å². The molecule has 0 saturated heterocycles. The van der Waals surface area contributed by atoms with Gasteiger partial charge in [-0.3, -0.25) is 19.1 Å². The average molecular weight is 292 g/mol. The normalized spacial score (nSPS) is 13.9. The van der Waals surface area contributed by atoms with E-state index < -0.39 is 11.7 Å². The van der Waals surface area contributed by atoms with Crippen LogP contribution in [-0.4, -0.2) is 40.5 Å². The summed E-state index contributed by atoms with van der Waals surface area (Å²) in [6.45, 7) is 4.01. The molecule has 0 aliphatic heterocycles. The van der Waals surface area contributed by atoms with Gasteiger partial charge in [-0.25, -0.2) is 0 Å². The molecule has 1 aliphatic rings. The summed E-state index contributed by atoms with van der Waals surface area (Å²) in [6.07, 6.45) is 1.88. The Morgan fingerprint density at radius 3 is 2.33 bits per heavy atom. The van der Waals surface area contributed by atoms with Crippen molar-refractivity contribution in [1.82, 2.24) is 20.4 Å². The minimum absolute atomic E-state index is 0.0227. The molecular formula is C14H20N4O3. The van der Waals surface area contributed by atoms with Crippen LogP contribution in [0.1, 0.15) is 34.6 Å². The van der Waals surface area contributed by atoms with Gasteiger partial charge in [0.05, 0.1) is 11.3 Å². The first-order chi connectivity index (χ1) is 9.91. The van der Waals surface area contributed by atoms with E-state index in [1.807, 2.05) is 0 Å². The molecule has 114 valence electrons. The van der Waals surface area contributed by atoms with E-state index in [1.165, 1.54) is 0 Å². The third kappa shape index (κ3) is 3.48. The molecule has 7 nitrogen and oxygen atoms in total. The monoisotopic (exact) mass is 292 g/mol. The first-order valence-corrected chi connectivity index (χ1v) is 7.02. The smallest absolute Gasteiger partial charge is 0.292 e. The van der Waals surface area contributed by atoms with Crippen LogP contribution >= 0.6 is 0 Å². The molecule has 1 fully saturated rings. The second-order valence-corrected chi connectivity index (χ2v) is 5.32. The summed E-state index contributed by atoms with van der Waals surface area (Å²) < 4.78 is 1.58. The van der Waals surface area contributed by atoms with Crippen LogP contribution in [0.15, 0.2) is 0 Å². The number of amides is 2. The number of hydrogen-bond acceptors (Lipinski definition) is 4. The number of Topliss-reactive ketones (excluding diaryl/α,β-unsaturated/α-hetero) is 1. The van der Waals surface area contributed by atoms with E-state index in [2.05, 4.69) is 15.7 Å². The maximum atomic E-state index is 12.1. The molecule has 21 heavy (non-hydrogen) atoms. The fraction of sp³-hybridized carbons (Fsp3) is 0.571. The molecule has 1 aromatic rings. The van der Waals surface area contributed by atoms with Gasteiger partial charge in [0.15, 0.2) is 0 Å². The molecule has 0 atom stereocenters. The zero-order valence-electron chi connectivity index (χ0n) is 12.5. The van der Waals surface area contributed by atoms with Gasteiger partial charge in [0, 0.05) is 31.7 Å². The number of aromatic nitrogens is 2. The highest BCUT2D eigenvalue weighted by Crippen LogP contribution is 2.28. The highest BCUT2D eigenvalue weighted by atomic mass is 16.2. The van der Waals surface area contributed by atoms with Crippen molar-refractivity contribution in [3.8, 4) is 0 Å². The summed E-state index contributed by atoms with van der Waals surface area (Å²) >= 11 is 0. The van der Waals surface area contributed by atoms with Gasteiger partial charge in [0.2, 0.25) is 5.91 Å². The molecule has 2 rings (SSSR count). The van der Waals surface area contributed by atoms with Gasteiger partial charge in [-0.2, -0.15) is 5.10 Å². The minimum Gasteiger partial charge on any atom is -0.354 e. The van der Waals surface area contributed by atoms with Crippen LogP contribution in [0.25, 0.3) is 0 Å². The number of nitrogens with one attached hydrogen (secondary N) is 2. The van der Waals surface area contributed by atoms with Crippen LogP contribution in [0.3, 0.4) is 0 Å². The van der Waals surface area contributed by atoms with Crippen molar-refractivity contribution in [3.63, 3.8) is 0 Å². The first kappa shape index (κ1) is 15.2. The van der Waals surface area contributed by atoms with Gasteiger partial charge < -0.3 is 10.6 Å². The van der Waals surface area contributed by atoms with Crippen LogP contribution in [0, 0.1) is 19.8 Å². The zero-order valence-corrected chi connectivity index (χ0v) is 12.5. The number of ketones is 1. The highest BCUT2D eigenvalue weighted by molar-refractivity contribution is 6.43. The Morgan fingerprint density at radius 1 is 1.19 bits per heavy atom. The molecule has 0 spiro atoms. The molecule has 0 bridgehead atoms. The molecule has 0 unspecified atom stereocenters. The van der Waals surface area contributed by atoms with E-state index in [0.29, 0.717) is 23.5 Å².